The third kappa shape index (κ3) is 2.11. The largest absolute Gasteiger partial charge is 0.334 e. The maximum atomic E-state index is 5.34. The second-order valence-corrected chi connectivity index (χ2v) is 5.20. The summed E-state index contributed by atoms with van der Waals surface area (Å²) in [5.74, 6) is 1.21. The molecule has 3 rings (SSSR count). The summed E-state index contributed by atoms with van der Waals surface area (Å²) in [6, 6.07) is 12.0. The van der Waals surface area contributed by atoms with Crippen molar-refractivity contribution < 1.29 is 4.52 Å². The lowest BCUT2D eigenvalue weighted by molar-refractivity contribution is 0.432. The van der Waals surface area contributed by atoms with Crippen LogP contribution in [-0.4, -0.2) is 10.1 Å². The Kier molecular flexibility index (Phi) is 3.25. The van der Waals surface area contributed by atoms with Crippen molar-refractivity contribution in [1.29, 1.82) is 0 Å². The lowest BCUT2D eigenvalue weighted by atomic mass is 10.1. The second kappa shape index (κ2) is 5.04. The van der Waals surface area contributed by atoms with Gasteiger partial charge in [0.05, 0.1) is 4.88 Å². The molecule has 18 heavy (non-hydrogen) atoms. The average molecular weight is 321 g/mol. The first kappa shape index (κ1) is 11.6. The van der Waals surface area contributed by atoms with Gasteiger partial charge in [-0.05, 0) is 23.1 Å². The van der Waals surface area contributed by atoms with E-state index in [-0.39, 0.29) is 0 Å². The van der Waals surface area contributed by atoms with Crippen molar-refractivity contribution >= 4 is 27.3 Å². The van der Waals surface area contributed by atoms with E-state index in [2.05, 4.69) is 26.1 Å². The van der Waals surface area contributed by atoms with Crippen molar-refractivity contribution in [1.82, 2.24) is 10.1 Å². The van der Waals surface area contributed by atoms with Gasteiger partial charge in [0.15, 0.2) is 0 Å². The molecule has 0 amide bonds. The molecule has 0 N–H and O–H groups in total. The highest BCUT2D eigenvalue weighted by molar-refractivity contribution is 9.08. The number of benzene rings is 1. The predicted octanol–water partition coefficient (Wildman–Crippen LogP) is 4.36. The second-order valence-electron chi connectivity index (χ2n) is 3.69. The number of halogens is 1. The molecule has 90 valence electrons. The summed E-state index contributed by atoms with van der Waals surface area (Å²) in [7, 11) is 0. The Labute approximate surface area is 117 Å². The van der Waals surface area contributed by atoms with Gasteiger partial charge in [0.2, 0.25) is 5.82 Å². The van der Waals surface area contributed by atoms with Crippen LogP contribution in [0.15, 0.2) is 46.3 Å². The smallest absolute Gasteiger partial charge is 0.258 e. The van der Waals surface area contributed by atoms with Crippen molar-refractivity contribution in [3.63, 3.8) is 0 Å². The number of rotatable bonds is 3. The standard InChI is InChI=1S/C13H9BrN2OS/c14-8-9-4-1-2-5-10(9)13-15-12(16-17-13)11-6-3-7-18-11/h1-7H,8H2. The number of hydrogen-bond donors (Lipinski definition) is 0. The molecule has 0 unspecified atom stereocenters. The molecule has 0 aliphatic heterocycles. The van der Waals surface area contributed by atoms with E-state index in [1.54, 1.807) is 11.3 Å². The quantitative estimate of drug-likeness (QED) is 0.673. The van der Waals surface area contributed by atoms with Crippen LogP contribution in [0, 0.1) is 0 Å². The fourth-order valence-corrected chi connectivity index (χ4v) is 2.82. The number of aromatic nitrogens is 2. The Morgan fingerprint density at radius 3 is 2.83 bits per heavy atom. The maximum absolute atomic E-state index is 5.34. The summed E-state index contributed by atoms with van der Waals surface area (Å²) in [4.78, 5) is 5.46. The van der Waals surface area contributed by atoms with Gasteiger partial charge in [-0.3, -0.25) is 0 Å². The van der Waals surface area contributed by atoms with E-state index in [0.717, 1.165) is 21.3 Å². The monoisotopic (exact) mass is 320 g/mol. The summed E-state index contributed by atoms with van der Waals surface area (Å²) in [5.41, 5.74) is 2.11. The first-order chi connectivity index (χ1) is 8.88. The highest BCUT2D eigenvalue weighted by atomic mass is 79.9. The fourth-order valence-electron chi connectivity index (χ4n) is 1.68. The van der Waals surface area contributed by atoms with Crippen molar-refractivity contribution in [2.75, 3.05) is 0 Å². The Morgan fingerprint density at radius 2 is 2.06 bits per heavy atom. The van der Waals surface area contributed by atoms with Crippen LogP contribution in [0.5, 0.6) is 0 Å². The van der Waals surface area contributed by atoms with Crippen molar-refractivity contribution in [2.24, 2.45) is 0 Å². The molecule has 0 bridgehead atoms. The van der Waals surface area contributed by atoms with Gasteiger partial charge in [0.25, 0.3) is 5.89 Å². The molecule has 5 heteroatoms. The van der Waals surface area contributed by atoms with Crippen molar-refractivity contribution in [3.8, 4) is 22.2 Å². The topological polar surface area (TPSA) is 38.9 Å². The molecular weight excluding hydrogens is 312 g/mol. The minimum atomic E-state index is 0.563. The van der Waals surface area contributed by atoms with Crippen LogP contribution in [-0.2, 0) is 5.33 Å². The molecule has 0 atom stereocenters. The zero-order chi connectivity index (χ0) is 12.4. The highest BCUT2D eigenvalue weighted by Gasteiger charge is 2.13. The van der Waals surface area contributed by atoms with Crippen LogP contribution in [0.25, 0.3) is 22.2 Å². The molecule has 0 aliphatic carbocycles. The van der Waals surface area contributed by atoms with Crippen LogP contribution < -0.4 is 0 Å². The molecule has 1 aromatic carbocycles. The van der Waals surface area contributed by atoms with Gasteiger partial charge in [0.1, 0.15) is 0 Å². The van der Waals surface area contributed by atoms with E-state index in [4.69, 9.17) is 4.52 Å². The molecule has 3 nitrogen and oxygen atoms in total. The lowest BCUT2D eigenvalue weighted by Gasteiger charge is -2.00. The molecule has 3 aromatic rings. The van der Waals surface area contributed by atoms with Gasteiger partial charge in [-0.1, -0.05) is 45.4 Å². The molecule has 0 spiro atoms. The molecule has 0 saturated heterocycles. The summed E-state index contributed by atoms with van der Waals surface area (Å²) in [6.07, 6.45) is 0. The highest BCUT2D eigenvalue weighted by Crippen LogP contribution is 2.27. The van der Waals surface area contributed by atoms with Crippen LogP contribution in [0.1, 0.15) is 5.56 Å². The van der Waals surface area contributed by atoms with Crippen LogP contribution in [0.2, 0.25) is 0 Å². The van der Waals surface area contributed by atoms with Gasteiger partial charge >= 0.3 is 0 Å². The Morgan fingerprint density at radius 1 is 1.17 bits per heavy atom. The summed E-state index contributed by atoms with van der Waals surface area (Å²) in [5, 5.41) is 6.78. The fraction of sp³-hybridized carbons (Fsp3) is 0.0769. The number of hydrogen-bond acceptors (Lipinski definition) is 4. The zero-order valence-electron chi connectivity index (χ0n) is 9.34. The summed E-state index contributed by atoms with van der Waals surface area (Å²) in [6.45, 7) is 0. The average Bonchev–Trinajstić information content (AvgIpc) is 3.09. The predicted molar refractivity (Wildman–Crippen MR) is 75.7 cm³/mol. The number of thiophene rings is 1. The number of alkyl halides is 1. The van der Waals surface area contributed by atoms with Gasteiger partial charge < -0.3 is 4.52 Å². The van der Waals surface area contributed by atoms with E-state index in [0.29, 0.717) is 11.7 Å². The summed E-state index contributed by atoms with van der Waals surface area (Å²) >= 11 is 5.06. The first-order valence-corrected chi connectivity index (χ1v) is 7.40. The van der Waals surface area contributed by atoms with Crippen LogP contribution in [0.4, 0.5) is 0 Å². The third-order valence-electron chi connectivity index (χ3n) is 2.56. The van der Waals surface area contributed by atoms with E-state index >= 15 is 0 Å². The minimum absolute atomic E-state index is 0.563. The number of nitrogens with zero attached hydrogens (tertiary/aromatic N) is 2. The molecule has 0 aliphatic rings. The maximum Gasteiger partial charge on any atom is 0.258 e. The minimum Gasteiger partial charge on any atom is -0.334 e. The van der Waals surface area contributed by atoms with E-state index in [1.165, 1.54) is 0 Å². The van der Waals surface area contributed by atoms with Gasteiger partial charge in [-0.25, -0.2) is 0 Å². The van der Waals surface area contributed by atoms with Crippen LogP contribution in [0.3, 0.4) is 0 Å². The molecular formula is C13H9BrN2OS. The van der Waals surface area contributed by atoms with E-state index in [1.807, 2.05) is 41.8 Å². The van der Waals surface area contributed by atoms with E-state index < -0.39 is 0 Å². The van der Waals surface area contributed by atoms with Crippen molar-refractivity contribution in [2.45, 2.75) is 5.33 Å². The molecule has 2 aromatic heterocycles. The molecule has 2 heterocycles. The molecule has 0 fully saturated rings. The summed E-state index contributed by atoms with van der Waals surface area (Å²) < 4.78 is 5.34. The normalized spacial score (nSPS) is 10.7. The lowest BCUT2D eigenvalue weighted by Crippen LogP contribution is -1.85. The Balaban J connectivity index is 2.03. The van der Waals surface area contributed by atoms with E-state index in [9.17, 15) is 0 Å². The SMILES string of the molecule is BrCc1ccccc1-c1nc(-c2cccs2)no1. The zero-order valence-corrected chi connectivity index (χ0v) is 11.7. The van der Waals surface area contributed by atoms with Gasteiger partial charge in [0, 0.05) is 10.9 Å². The van der Waals surface area contributed by atoms with Crippen LogP contribution >= 0.6 is 27.3 Å². The Bertz CT molecular complexity index is 649. The molecule has 0 saturated carbocycles. The van der Waals surface area contributed by atoms with Gasteiger partial charge in [-0.15, -0.1) is 11.3 Å². The van der Waals surface area contributed by atoms with Gasteiger partial charge in [-0.2, -0.15) is 4.98 Å². The Hall–Kier alpha value is -1.46. The third-order valence-corrected chi connectivity index (χ3v) is 4.03. The first-order valence-electron chi connectivity index (χ1n) is 5.40. The molecule has 0 radical (unpaired) electrons. The van der Waals surface area contributed by atoms with Crippen molar-refractivity contribution in [3.05, 3.63) is 47.3 Å².